The lowest BCUT2D eigenvalue weighted by atomic mass is 10.1. The topological polar surface area (TPSA) is 101 Å². The molecule has 3 aromatic rings. The number of ether oxygens (including phenoxy) is 2. The van der Waals surface area contributed by atoms with E-state index >= 15 is 0 Å². The van der Waals surface area contributed by atoms with Gasteiger partial charge in [-0.1, -0.05) is 42.5 Å². The summed E-state index contributed by atoms with van der Waals surface area (Å²) in [4.78, 5) is 29.7. The number of para-hydroxylation sites is 1. The number of nitrogens with zero attached hydrogens (tertiary/aromatic N) is 2. The molecule has 4 rings (SSSR count). The lowest BCUT2D eigenvalue weighted by Gasteiger charge is -2.10. The van der Waals surface area contributed by atoms with Gasteiger partial charge in [-0.15, -0.1) is 0 Å². The summed E-state index contributed by atoms with van der Waals surface area (Å²) in [6, 6.07) is 23.5. The minimum Gasteiger partial charge on any atom is -0.488 e. The first-order valence-corrected chi connectivity index (χ1v) is 12.0. The van der Waals surface area contributed by atoms with Crippen LogP contribution >= 0.6 is 11.8 Å². The van der Waals surface area contributed by atoms with Gasteiger partial charge in [-0.05, 0) is 62.0 Å². The van der Waals surface area contributed by atoms with Crippen molar-refractivity contribution >= 4 is 40.6 Å². The standard InChI is InChI=1S/C28H23N3O4S/c1-18(2)35-27(33)20-11-7-12-23(14-20)30-28-31-26(32)25(36-28)15-19-8-5-6-13-24(19)34-17-22-10-4-3-9-21(22)16-29/h3-15,18H,17H2,1-2H3,(H,30,31,32)/b25-15+. The number of rotatable bonds is 7. The highest BCUT2D eigenvalue weighted by Crippen LogP contribution is 2.31. The van der Waals surface area contributed by atoms with Crippen LogP contribution in [0.4, 0.5) is 5.69 Å². The van der Waals surface area contributed by atoms with Crippen LogP contribution < -0.4 is 10.1 Å². The predicted octanol–water partition coefficient (Wildman–Crippen LogP) is 5.59. The Hall–Kier alpha value is -4.35. The van der Waals surface area contributed by atoms with Crippen molar-refractivity contribution < 1.29 is 19.1 Å². The monoisotopic (exact) mass is 497 g/mol. The molecule has 1 heterocycles. The fourth-order valence-electron chi connectivity index (χ4n) is 3.37. The molecule has 0 unspecified atom stereocenters. The van der Waals surface area contributed by atoms with Gasteiger partial charge in [-0.3, -0.25) is 4.79 Å². The number of carbonyl (C=O) groups excluding carboxylic acids is 2. The third-order valence-corrected chi connectivity index (χ3v) is 5.94. The molecule has 1 fully saturated rings. The summed E-state index contributed by atoms with van der Waals surface area (Å²) in [7, 11) is 0. The number of nitrogens with one attached hydrogen (secondary N) is 1. The second-order valence-corrected chi connectivity index (χ2v) is 9.11. The molecule has 1 aliphatic heterocycles. The fraction of sp³-hybridized carbons (Fsp3) is 0.143. The van der Waals surface area contributed by atoms with Crippen molar-refractivity contribution in [2.75, 3.05) is 0 Å². The zero-order valence-electron chi connectivity index (χ0n) is 19.7. The molecule has 180 valence electrons. The maximum atomic E-state index is 12.6. The fourth-order valence-corrected chi connectivity index (χ4v) is 4.20. The Morgan fingerprint density at radius 3 is 2.69 bits per heavy atom. The maximum absolute atomic E-state index is 12.6. The van der Waals surface area contributed by atoms with E-state index in [1.54, 1.807) is 50.3 Å². The maximum Gasteiger partial charge on any atom is 0.338 e. The largest absolute Gasteiger partial charge is 0.488 e. The highest BCUT2D eigenvalue weighted by atomic mass is 32.2. The molecule has 7 nitrogen and oxygen atoms in total. The molecule has 1 saturated heterocycles. The first-order valence-electron chi connectivity index (χ1n) is 11.2. The molecule has 0 atom stereocenters. The molecule has 0 aliphatic carbocycles. The number of esters is 1. The van der Waals surface area contributed by atoms with Gasteiger partial charge in [0.05, 0.1) is 33.9 Å². The second kappa shape index (κ2) is 11.4. The summed E-state index contributed by atoms with van der Waals surface area (Å²) in [5.41, 5.74) is 2.98. The van der Waals surface area contributed by atoms with Gasteiger partial charge in [0.2, 0.25) is 0 Å². The van der Waals surface area contributed by atoms with E-state index in [4.69, 9.17) is 9.47 Å². The van der Waals surface area contributed by atoms with Crippen molar-refractivity contribution in [3.8, 4) is 11.8 Å². The average Bonchev–Trinajstić information content (AvgIpc) is 3.21. The summed E-state index contributed by atoms with van der Waals surface area (Å²) in [6.07, 6.45) is 1.52. The van der Waals surface area contributed by atoms with Crippen LogP contribution in [0.3, 0.4) is 0 Å². The van der Waals surface area contributed by atoms with Crippen molar-refractivity contribution in [3.63, 3.8) is 0 Å². The van der Waals surface area contributed by atoms with E-state index in [0.29, 0.717) is 32.6 Å². The van der Waals surface area contributed by atoms with Gasteiger partial charge < -0.3 is 14.8 Å². The number of amides is 1. The quantitative estimate of drug-likeness (QED) is 0.337. The predicted molar refractivity (Wildman–Crippen MR) is 140 cm³/mol. The molecule has 0 saturated carbocycles. The van der Waals surface area contributed by atoms with Gasteiger partial charge >= 0.3 is 5.97 Å². The first-order chi connectivity index (χ1) is 17.4. The number of hydrogen-bond acceptors (Lipinski definition) is 7. The van der Waals surface area contributed by atoms with Crippen molar-refractivity contribution in [3.05, 3.63) is 100.0 Å². The van der Waals surface area contributed by atoms with Crippen molar-refractivity contribution in [2.24, 2.45) is 4.99 Å². The number of benzene rings is 3. The Morgan fingerprint density at radius 1 is 1.11 bits per heavy atom. The van der Waals surface area contributed by atoms with E-state index in [0.717, 1.165) is 11.1 Å². The minimum atomic E-state index is -0.426. The first kappa shape index (κ1) is 24.8. The summed E-state index contributed by atoms with van der Waals surface area (Å²) in [5, 5.41) is 12.5. The normalized spacial score (nSPS) is 15.1. The Balaban J connectivity index is 1.51. The number of aliphatic imine (C=N–C) groups is 1. The number of thioether (sulfide) groups is 1. The molecule has 8 heteroatoms. The summed E-state index contributed by atoms with van der Waals surface area (Å²) in [5.74, 6) is -0.114. The van der Waals surface area contributed by atoms with Gasteiger partial charge in [0, 0.05) is 11.1 Å². The number of nitriles is 1. The Bertz CT molecular complexity index is 1410. The molecule has 0 bridgehead atoms. The summed E-state index contributed by atoms with van der Waals surface area (Å²) >= 11 is 1.20. The Kier molecular flexibility index (Phi) is 7.83. The molecular formula is C28H23N3O4S. The molecule has 1 aliphatic rings. The minimum absolute atomic E-state index is 0.224. The van der Waals surface area contributed by atoms with E-state index in [1.165, 1.54) is 11.8 Å². The van der Waals surface area contributed by atoms with Gasteiger partial charge in [-0.25, -0.2) is 9.79 Å². The smallest absolute Gasteiger partial charge is 0.338 e. The Labute approximate surface area is 213 Å². The van der Waals surface area contributed by atoms with Crippen LogP contribution in [0.2, 0.25) is 0 Å². The molecule has 1 N–H and O–H groups in total. The lowest BCUT2D eigenvalue weighted by molar-refractivity contribution is -0.115. The molecule has 0 aromatic heterocycles. The van der Waals surface area contributed by atoms with Crippen LogP contribution in [0.15, 0.2) is 82.7 Å². The van der Waals surface area contributed by atoms with E-state index in [2.05, 4.69) is 16.4 Å². The number of carbonyl (C=O) groups is 2. The van der Waals surface area contributed by atoms with E-state index in [-0.39, 0.29) is 18.6 Å². The third kappa shape index (κ3) is 6.20. The van der Waals surface area contributed by atoms with E-state index < -0.39 is 5.97 Å². The van der Waals surface area contributed by atoms with Gasteiger partial charge in [0.25, 0.3) is 5.91 Å². The van der Waals surface area contributed by atoms with E-state index in [1.807, 2.05) is 42.5 Å². The zero-order chi connectivity index (χ0) is 25.5. The molecular weight excluding hydrogens is 474 g/mol. The van der Waals surface area contributed by atoms with E-state index in [9.17, 15) is 14.9 Å². The van der Waals surface area contributed by atoms with Crippen molar-refractivity contribution in [1.82, 2.24) is 5.32 Å². The van der Waals surface area contributed by atoms with Gasteiger partial charge in [0.15, 0.2) is 5.17 Å². The van der Waals surface area contributed by atoms with Crippen LogP contribution in [0.5, 0.6) is 5.75 Å². The number of hydrogen-bond donors (Lipinski definition) is 1. The molecule has 1 amide bonds. The van der Waals surface area contributed by atoms with Crippen LogP contribution in [-0.2, 0) is 16.1 Å². The van der Waals surface area contributed by atoms with Crippen LogP contribution in [0.1, 0.15) is 40.9 Å². The molecule has 0 spiro atoms. The van der Waals surface area contributed by atoms with Gasteiger partial charge in [0.1, 0.15) is 12.4 Å². The highest BCUT2D eigenvalue weighted by molar-refractivity contribution is 8.18. The third-order valence-electron chi connectivity index (χ3n) is 5.03. The van der Waals surface area contributed by atoms with Crippen LogP contribution in [0.25, 0.3) is 6.08 Å². The second-order valence-electron chi connectivity index (χ2n) is 8.08. The molecule has 36 heavy (non-hydrogen) atoms. The van der Waals surface area contributed by atoms with Crippen LogP contribution in [0, 0.1) is 11.3 Å². The summed E-state index contributed by atoms with van der Waals surface area (Å²) in [6.45, 7) is 3.80. The van der Waals surface area contributed by atoms with Crippen molar-refractivity contribution in [2.45, 2.75) is 26.6 Å². The number of amidine groups is 1. The van der Waals surface area contributed by atoms with Crippen LogP contribution in [-0.4, -0.2) is 23.1 Å². The Morgan fingerprint density at radius 2 is 1.89 bits per heavy atom. The van der Waals surface area contributed by atoms with Crippen molar-refractivity contribution in [1.29, 1.82) is 5.26 Å². The molecule has 0 radical (unpaired) electrons. The van der Waals surface area contributed by atoms with Gasteiger partial charge in [-0.2, -0.15) is 5.26 Å². The summed E-state index contributed by atoms with van der Waals surface area (Å²) < 4.78 is 11.2. The SMILES string of the molecule is CC(C)OC(=O)c1cccc(N=C2NC(=O)/C(=C\c3ccccc3OCc3ccccc3C#N)S2)c1. The highest BCUT2D eigenvalue weighted by Gasteiger charge is 2.24. The average molecular weight is 498 g/mol. The lowest BCUT2D eigenvalue weighted by Crippen LogP contribution is -2.19. The molecule has 3 aromatic carbocycles. The zero-order valence-corrected chi connectivity index (χ0v) is 20.5.